The average molecular weight is 1140 g/mol. The van der Waals surface area contributed by atoms with Crippen molar-refractivity contribution < 1.29 is 75.8 Å². The highest BCUT2D eigenvalue weighted by atomic mass is 32.2. The number of sulfone groups is 2. The van der Waals surface area contributed by atoms with Crippen LogP contribution in [0.1, 0.15) is 117 Å². The monoisotopic (exact) mass is 1140 g/mol. The summed E-state index contributed by atoms with van der Waals surface area (Å²) < 4.78 is 179. The Hall–Kier alpha value is -5.96. The molecule has 2 aliphatic carbocycles. The third kappa shape index (κ3) is 11.8. The SMILES string of the molecule is CS(=O)(=O)c1cc([C@H]2CCCO2)ccc1Nc1cc(CC(=O)C2CC2(F)F)nc2c1N=C(C(F)F)C2.CS(=O)(=O)c1cc([C@H]2CCCO2)ccc1Nc1cc(CC(=O)C2CC2(F)F)nc2c1nc(C(F)F)n2C1CCCCO1. The van der Waals surface area contributed by atoms with Crippen LogP contribution in [0.3, 0.4) is 0 Å². The number of rotatable bonds is 17. The second-order valence-electron chi connectivity index (χ2n) is 20.5. The molecule has 2 saturated carbocycles. The van der Waals surface area contributed by atoms with Crippen molar-refractivity contribution in [2.75, 3.05) is 43.0 Å². The van der Waals surface area contributed by atoms with Gasteiger partial charge in [0.2, 0.25) is 0 Å². The number of hydrogen-bond acceptors (Lipinski definition) is 15. The molecule has 0 radical (unpaired) electrons. The lowest BCUT2D eigenvalue weighted by Crippen LogP contribution is -2.21. The third-order valence-corrected chi connectivity index (χ3v) is 16.7. The van der Waals surface area contributed by atoms with Gasteiger partial charge in [0.15, 0.2) is 31.1 Å². The van der Waals surface area contributed by atoms with Gasteiger partial charge in [-0.2, -0.15) is 0 Å². The van der Waals surface area contributed by atoms with Gasteiger partial charge in [-0.3, -0.25) is 19.1 Å². The van der Waals surface area contributed by atoms with E-state index in [1.807, 2.05) is 0 Å². The summed E-state index contributed by atoms with van der Waals surface area (Å²) >= 11 is 0. The van der Waals surface area contributed by atoms with Crippen LogP contribution in [0, 0.1) is 11.8 Å². The van der Waals surface area contributed by atoms with E-state index in [0.29, 0.717) is 37.4 Å². The normalized spacial score (nSPS) is 23.2. The Morgan fingerprint density at radius 3 is 1.63 bits per heavy atom. The highest BCUT2D eigenvalue weighted by molar-refractivity contribution is 7.91. The molecule has 26 heteroatoms. The lowest BCUT2D eigenvalue weighted by Gasteiger charge is -2.25. The van der Waals surface area contributed by atoms with E-state index in [1.165, 1.54) is 28.8 Å². The molecule has 418 valence electrons. The number of Topliss-reactive ketones (excluding diaryl/α,β-unsaturated/α-hetero) is 2. The predicted molar refractivity (Wildman–Crippen MR) is 267 cm³/mol. The summed E-state index contributed by atoms with van der Waals surface area (Å²) in [6.07, 6.45) is -2.03. The van der Waals surface area contributed by atoms with Crippen molar-refractivity contribution in [1.82, 2.24) is 19.5 Å². The number of nitrogens with one attached hydrogen (secondary N) is 2. The molecular weight excluding hydrogens is 1080 g/mol. The molecule has 3 unspecified atom stereocenters. The van der Waals surface area contributed by atoms with Gasteiger partial charge in [0.05, 0.1) is 79.4 Å². The molecular formula is C52H53F8N7O9S2. The van der Waals surface area contributed by atoms with Gasteiger partial charge in [-0.15, -0.1) is 0 Å². The van der Waals surface area contributed by atoms with E-state index in [-0.39, 0.29) is 85.1 Å². The van der Waals surface area contributed by atoms with Crippen molar-refractivity contribution in [3.63, 3.8) is 0 Å². The molecule has 5 fully saturated rings. The predicted octanol–water partition coefficient (Wildman–Crippen LogP) is 10.6. The van der Waals surface area contributed by atoms with Crippen LogP contribution in [-0.4, -0.2) is 104 Å². The molecule has 3 aromatic heterocycles. The quantitative estimate of drug-likeness (QED) is 0.0830. The number of ether oxygens (including phenoxy) is 3. The molecule has 3 saturated heterocycles. The fourth-order valence-corrected chi connectivity index (χ4v) is 12.0. The molecule has 16 nitrogen and oxygen atoms in total. The first-order chi connectivity index (χ1) is 36.8. The van der Waals surface area contributed by atoms with Gasteiger partial charge in [0.25, 0.3) is 24.7 Å². The van der Waals surface area contributed by atoms with E-state index < -0.39 is 111 Å². The van der Waals surface area contributed by atoms with Crippen molar-refractivity contribution >= 4 is 76.6 Å². The number of hydrogen-bond donors (Lipinski definition) is 2. The molecule has 0 amide bonds. The lowest BCUT2D eigenvalue weighted by atomic mass is 10.1. The van der Waals surface area contributed by atoms with Gasteiger partial charge in [-0.25, -0.2) is 66.9 Å². The molecule has 0 bridgehead atoms. The van der Waals surface area contributed by atoms with E-state index >= 15 is 0 Å². The number of aromatic nitrogens is 4. The van der Waals surface area contributed by atoms with Crippen molar-refractivity contribution in [3.8, 4) is 0 Å². The van der Waals surface area contributed by atoms with Crippen LogP contribution >= 0.6 is 0 Å². The van der Waals surface area contributed by atoms with Gasteiger partial charge < -0.3 is 24.8 Å². The van der Waals surface area contributed by atoms with Gasteiger partial charge in [0.1, 0.15) is 29.0 Å². The zero-order chi connectivity index (χ0) is 55.6. The van der Waals surface area contributed by atoms with E-state index in [9.17, 15) is 61.5 Å². The van der Waals surface area contributed by atoms with Crippen LogP contribution in [0.2, 0.25) is 0 Å². The zero-order valence-electron chi connectivity index (χ0n) is 42.0. The minimum Gasteiger partial charge on any atom is -0.374 e. The summed E-state index contributed by atoms with van der Waals surface area (Å²) in [4.78, 5) is 41.7. The number of benzene rings is 2. The van der Waals surface area contributed by atoms with Gasteiger partial charge in [-0.05, 0) is 92.5 Å². The zero-order valence-corrected chi connectivity index (χ0v) is 43.7. The Morgan fingerprint density at radius 1 is 0.654 bits per heavy atom. The highest BCUT2D eigenvalue weighted by Gasteiger charge is 2.61. The van der Waals surface area contributed by atoms with Crippen LogP contribution in [-0.2, 0) is 62.7 Å². The molecule has 5 aromatic rings. The van der Waals surface area contributed by atoms with E-state index in [4.69, 9.17) is 14.2 Å². The number of aliphatic imine (C=N–C) groups is 1. The van der Waals surface area contributed by atoms with Crippen molar-refractivity contribution in [1.29, 1.82) is 0 Å². The summed E-state index contributed by atoms with van der Waals surface area (Å²) in [7, 11) is -7.49. The van der Waals surface area contributed by atoms with Crippen molar-refractivity contribution in [2.24, 2.45) is 16.8 Å². The number of carbonyl (C=O) groups excluding carboxylic acids is 2. The topological polar surface area (TPSA) is 210 Å². The second-order valence-corrected chi connectivity index (χ2v) is 24.4. The first-order valence-electron chi connectivity index (χ1n) is 25.3. The number of fused-ring (bicyclic) bond motifs is 2. The number of anilines is 4. The maximum Gasteiger partial charge on any atom is 0.295 e. The Labute approximate surface area is 442 Å². The maximum absolute atomic E-state index is 14.3. The Morgan fingerprint density at radius 2 is 1.17 bits per heavy atom. The summed E-state index contributed by atoms with van der Waals surface area (Å²) in [5, 5.41) is 5.98. The lowest BCUT2D eigenvalue weighted by molar-refractivity contribution is -0.122. The number of carbonyl (C=O) groups is 2. The van der Waals surface area contributed by atoms with Crippen LogP contribution in [0.4, 0.5) is 63.6 Å². The number of imidazole rings is 1. The molecule has 2 N–H and O–H groups in total. The smallest absolute Gasteiger partial charge is 0.295 e. The summed E-state index contributed by atoms with van der Waals surface area (Å²) in [5.41, 5.74) is 2.01. The van der Waals surface area contributed by atoms with E-state index in [0.717, 1.165) is 51.0 Å². The van der Waals surface area contributed by atoms with Crippen molar-refractivity contribution in [2.45, 2.75) is 130 Å². The molecule has 7 heterocycles. The van der Waals surface area contributed by atoms with Crippen LogP contribution in [0.25, 0.3) is 11.2 Å². The molecule has 5 atom stereocenters. The summed E-state index contributed by atoms with van der Waals surface area (Å²) in [5.74, 6) is -10.9. The standard InChI is InChI=1S/C28H30F4N4O5S.C24H23F4N3O4S/c1-42(38,39)22-11-15(21-5-4-10-40-21)7-8-18(22)34-19-12-16(13-20(37)17-14-28(17,31)32)33-26-24(19)35-27(25(29)30)36(26)23-6-2-3-9-41-23;1-36(33,34)21-7-12(20-3-2-6-35-20)4-5-15(21)30-16-8-13(9-19(32)14-11-24(14,27)28)29-17-10-18(23(25)26)31-22(16)17/h7-8,11-12,17,21,23,25H,2-6,9-10,13-14H2,1H3,(H,33,34);4-5,7-8,14,20,23H,2-3,6,9-11H2,1H3,(H,29,30)/t17?,21-,23?;14?,20-/m11/s1. The molecule has 78 heavy (non-hydrogen) atoms. The molecule has 0 spiro atoms. The number of ketones is 2. The molecule has 4 aliphatic heterocycles. The fraction of sp³-hybridized carbons (Fsp3) is 0.500. The Kier molecular flexibility index (Phi) is 15.1. The van der Waals surface area contributed by atoms with Crippen LogP contribution in [0.5, 0.6) is 0 Å². The maximum atomic E-state index is 14.3. The molecule has 2 aromatic carbocycles. The van der Waals surface area contributed by atoms with Gasteiger partial charge >= 0.3 is 0 Å². The Bertz CT molecular complexity index is 3450. The first kappa shape index (κ1) is 55.4. The number of pyridine rings is 2. The fourth-order valence-electron chi connectivity index (χ4n) is 10.2. The first-order valence-corrected chi connectivity index (χ1v) is 29.1. The summed E-state index contributed by atoms with van der Waals surface area (Å²) in [6, 6.07) is 12.3. The third-order valence-electron chi connectivity index (χ3n) is 14.4. The largest absolute Gasteiger partial charge is 0.374 e. The van der Waals surface area contributed by atoms with E-state index in [1.54, 1.807) is 24.3 Å². The minimum atomic E-state index is -3.77. The molecule has 11 rings (SSSR count). The Balaban J connectivity index is 0.000000179. The minimum absolute atomic E-state index is 0.00933. The average Bonchev–Trinajstić information content (AvgIpc) is 3.86. The highest BCUT2D eigenvalue weighted by Crippen LogP contribution is 2.51. The van der Waals surface area contributed by atoms with Crippen LogP contribution in [0.15, 0.2) is 63.3 Å². The van der Waals surface area contributed by atoms with Crippen molar-refractivity contribution in [3.05, 3.63) is 82.6 Å². The summed E-state index contributed by atoms with van der Waals surface area (Å²) in [6.45, 7) is 1.50. The van der Waals surface area contributed by atoms with Gasteiger partial charge in [0, 0.05) is 64.4 Å². The second kappa shape index (κ2) is 21.3. The number of alkyl halides is 8. The van der Waals surface area contributed by atoms with Crippen LogP contribution < -0.4 is 10.6 Å². The molecule has 6 aliphatic rings. The number of nitrogens with zero attached hydrogens (tertiary/aromatic N) is 5. The van der Waals surface area contributed by atoms with Gasteiger partial charge in [-0.1, -0.05) is 12.1 Å². The van der Waals surface area contributed by atoms with E-state index in [2.05, 4.69) is 30.6 Å². The number of halogens is 8.